The molecule has 200 valence electrons. The molecule has 0 aromatic carbocycles. The topological polar surface area (TPSA) is 98.0 Å². The molecule has 0 unspecified atom stereocenters. The molecule has 4 rings (SSSR count). The first-order valence-corrected chi connectivity index (χ1v) is 14.1. The first kappa shape index (κ1) is 27.1. The van der Waals surface area contributed by atoms with Crippen molar-refractivity contribution in [2.24, 2.45) is 45.3 Å². The van der Waals surface area contributed by atoms with Crippen LogP contribution in [0.2, 0.25) is 0 Å². The van der Waals surface area contributed by atoms with Crippen LogP contribution in [0.1, 0.15) is 105 Å². The molecule has 5 heteroatoms. The quantitative estimate of drug-likeness (QED) is 0.300. The predicted molar refractivity (Wildman–Crippen MR) is 138 cm³/mol. The van der Waals surface area contributed by atoms with E-state index in [1.54, 1.807) is 13.8 Å². The molecule has 4 aliphatic carbocycles. The smallest absolute Gasteiger partial charge is 0.303 e. The van der Waals surface area contributed by atoms with E-state index in [-0.39, 0.29) is 40.6 Å². The van der Waals surface area contributed by atoms with E-state index in [2.05, 4.69) is 27.4 Å². The molecule has 0 radical (unpaired) electrons. The Hall–Kier alpha value is -0.910. The third kappa shape index (κ3) is 3.94. The van der Waals surface area contributed by atoms with Gasteiger partial charge in [0.1, 0.15) is 0 Å². The van der Waals surface area contributed by atoms with Gasteiger partial charge >= 0.3 is 5.97 Å². The van der Waals surface area contributed by atoms with Crippen molar-refractivity contribution in [3.8, 4) is 0 Å². The predicted octanol–water partition coefficient (Wildman–Crippen LogP) is 5.57. The van der Waals surface area contributed by atoms with Crippen molar-refractivity contribution in [2.45, 2.75) is 117 Å². The van der Waals surface area contributed by atoms with Crippen molar-refractivity contribution in [3.05, 3.63) is 12.2 Å². The number of fused-ring (bicyclic) bond motifs is 2. The fourth-order valence-corrected chi connectivity index (χ4v) is 10.2. The van der Waals surface area contributed by atoms with Gasteiger partial charge in [-0.05, 0) is 129 Å². The number of aliphatic carboxylic acids is 1. The summed E-state index contributed by atoms with van der Waals surface area (Å²) in [5.74, 6) is 1.23. The zero-order valence-corrected chi connectivity index (χ0v) is 22.8. The van der Waals surface area contributed by atoms with Gasteiger partial charge in [-0.15, -0.1) is 0 Å². The minimum atomic E-state index is -1.06. The summed E-state index contributed by atoms with van der Waals surface area (Å²) in [6.45, 7) is 15.0. The summed E-state index contributed by atoms with van der Waals surface area (Å²) in [5, 5.41) is 40.0. The summed E-state index contributed by atoms with van der Waals surface area (Å²) >= 11 is 0. The lowest BCUT2D eigenvalue weighted by molar-refractivity contribution is -0.139. The van der Waals surface area contributed by atoms with Crippen molar-refractivity contribution in [1.29, 1.82) is 0 Å². The maximum atomic E-state index is 11.6. The highest BCUT2D eigenvalue weighted by Crippen LogP contribution is 2.87. The number of carbonyl (C=O) groups is 1. The molecule has 0 aromatic rings. The average Bonchev–Trinajstić information content (AvgIpc) is 3.38. The van der Waals surface area contributed by atoms with E-state index in [4.69, 9.17) is 0 Å². The monoisotopic (exact) mass is 490 g/mol. The van der Waals surface area contributed by atoms with Crippen LogP contribution in [0.25, 0.3) is 0 Å². The Morgan fingerprint density at radius 1 is 1.09 bits per heavy atom. The van der Waals surface area contributed by atoms with Gasteiger partial charge in [-0.2, -0.15) is 0 Å². The van der Waals surface area contributed by atoms with Gasteiger partial charge in [-0.3, -0.25) is 4.79 Å². The molecule has 4 aliphatic rings. The SMILES string of the molecule is C=C(CO)[C@H]1CC[C@H]2[C@@]3(CC[C@@]4(C)[C@H]([C@@H](C)CC[C@H](O)C(C)(C)O)CC[C@]24C)C[C@@]13CCC(=O)O. The Bertz CT molecular complexity index is 846. The van der Waals surface area contributed by atoms with E-state index in [1.165, 1.54) is 19.3 Å². The fraction of sp³-hybridized carbons (Fsp3) is 0.900. The van der Waals surface area contributed by atoms with Crippen molar-refractivity contribution in [2.75, 3.05) is 6.61 Å². The van der Waals surface area contributed by atoms with Crippen molar-refractivity contribution >= 4 is 5.97 Å². The number of hydrogen-bond acceptors (Lipinski definition) is 4. The molecular weight excluding hydrogens is 440 g/mol. The Kier molecular flexibility index (Phi) is 6.85. The van der Waals surface area contributed by atoms with E-state index < -0.39 is 17.7 Å². The highest BCUT2D eigenvalue weighted by molar-refractivity contribution is 5.67. The number of carboxylic acid groups (broad SMARTS) is 1. The Balaban J connectivity index is 1.57. The molecule has 9 atom stereocenters. The second-order valence-corrected chi connectivity index (χ2v) is 14.1. The van der Waals surface area contributed by atoms with Crippen LogP contribution in [0.3, 0.4) is 0 Å². The molecule has 0 aliphatic heterocycles. The van der Waals surface area contributed by atoms with Crippen LogP contribution in [0.15, 0.2) is 12.2 Å². The number of aliphatic hydroxyl groups excluding tert-OH is 2. The van der Waals surface area contributed by atoms with E-state index in [0.717, 1.165) is 37.7 Å². The Labute approximate surface area is 212 Å². The van der Waals surface area contributed by atoms with Crippen LogP contribution < -0.4 is 0 Å². The van der Waals surface area contributed by atoms with Crippen LogP contribution in [0.4, 0.5) is 0 Å². The molecule has 0 saturated heterocycles. The molecule has 4 N–H and O–H groups in total. The molecule has 4 saturated carbocycles. The molecule has 4 fully saturated rings. The average molecular weight is 491 g/mol. The lowest BCUT2D eigenvalue weighted by atomic mass is 9.43. The first-order chi connectivity index (χ1) is 16.2. The minimum Gasteiger partial charge on any atom is -0.481 e. The Morgan fingerprint density at radius 2 is 1.77 bits per heavy atom. The first-order valence-electron chi connectivity index (χ1n) is 14.1. The van der Waals surface area contributed by atoms with Gasteiger partial charge in [0.15, 0.2) is 0 Å². The van der Waals surface area contributed by atoms with E-state index in [0.29, 0.717) is 30.6 Å². The summed E-state index contributed by atoms with van der Waals surface area (Å²) in [6, 6.07) is 0. The molecule has 1 spiro atoms. The summed E-state index contributed by atoms with van der Waals surface area (Å²) in [5.41, 5.74) is 0.520. The normalized spacial score (nSPS) is 44.1. The summed E-state index contributed by atoms with van der Waals surface area (Å²) in [7, 11) is 0. The number of rotatable bonds is 10. The largest absolute Gasteiger partial charge is 0.481 e. The zero-order valence-electron chi connectivity index (χ0n) is 22.8. The highest BCUT2D eigenvalue weighted by Gasteiger charge is 2.80. The summed E-state index contributed by atoms with van der Waals surface area (Å²) in [4.78, 5) is 11.6. The Morgan fingerprint density at radius 3 is 2.37 bits per heavy atom. The number of carboxylic acids is 1. The van der Waals surface area contributed by atoms with Gasteiger partial charge in [0.2, 0.25) is 0 Å². The third-order valence-corrected chi connectivity index (χ3v) is 12.4. The van der Waals surface area contributed by atoms with Gasteiger partial charge in [0.05, 0.1) is 18.3 Å². The van der Waals surface area contributed by atoms with Crippen LogP contribution in [-0.2, 0) is 4.79 Å². The second kappa shape index (κ2) is 8.84. The zero-order chi connectivity index (χ0) is 26.0. The molecule has 0 heterocycles. The van der Waals surface area contributed by atoms with Gasteiger partial charge < -0.3 is 20.4 Å². The van der Waals surface area contributed by atoms with Crippen LogP contribution in [0.5, 0.6) is 0 Å². The number of aliphatic hydroxyl groups is 3. The van der Waals surface area contributed by atoms with E-state index >= 15 is 0 Å². The maximum absolute atomic E-state index is 11.6. The molecule has 5 nitrogen and oxygen atoms in total. The molecule has 0 amide bonds. The molecule has 0 bridgehead atoms. The molecule has 0 aromatic heterocycles. The number of hydrogen-bond donors (Lipinski definition) is 4. The molecular formula is C30H50O5. The van der Waals surface area contributed by atoms with Gasteiger partial charge in [0.25, 0.3) is 0 Å². The second-order valence-electron chi connectivity index (χ2n) is 14.1. The van der Waals surface area contributed by atoms with Gasteiger partial charge in [-0.1, -0.05) is 27.4 Å². The van der Waals surface area contributed by atoms with Crippen molar-refractivity contribution in [1.82, 2.24) is 0 Å². The van der Waals surface area contributed by atoms with Gasteiger partial charge in [0, 0.05) is 6.42 Å². The maximum Gasteiger partial charge on any atom is 0.303 e. The highest BCUT2D eigenvalue weighted by atomic mass is 16.4. The van der Waals surface area contributed by atoms with Crippen LogP contribution >= 0.6 is 0 Å². The van der Waals surface area contributed by atoms with E-state index in [9.17, 15) is 25.2 Å². The van der Waals surface area contributed by atoms with Crippen molar-refractivity contribution in [3.63, 3.8) is 0 Å². The van der Waals surface area contributed by atoms with Crippen LogP contribution in [-0.4, -0.2) is 44.7 Å². The summed E-state index contributed by atoms with van der Waals surface area (Å²) in [6.07, 6.45) is 9.84. The lowest BCUT2D eigenvalue weighted by Gasteiger charge is -2.61. The third-order valence-electron chi connectivity index (χ3n) is 12.4. The van der Waals surface area contributed by atoms with Gasteiger partial charge in [-0.25, -0.2) is 0 Å². The molecule has 35 heavy (non-hydrogen) atoms. The summed E-state index contributed by atoms with van der Waals surface area (Å²) < 4.78 is 0. The standard InChI is InChI=1S/C30H50O5/c1-19(7-10-24(32)26(3,4)35)21-11-13-28(6)23-9-8-22(20(2)17-31)29(14-12-25(33)34)18-30(23,29)16-15-27(21,28)5/h19,21-24,31-32,35H,2,7-18H2,1,3-6H3,(H,33,34)/t19-,21-,22+,23+,24-,27-,28+,29-,30+/m0/s1. The van der Waals surface area contributed by atoms with Crippen molar-refractivity contribution < 1.29 is 25.2 Å². The lowest BCUT2D eigenvalue weighted by Crippen LogP contribution is -2.54. The minimum absolute atomic E-state index is 0.00101. The fourth-order valence-electron chi connectivity index (χ4n) is 10.2. The van der Waals surface area contributed by atoms with Crippen LogP contribution in [0, 0.1) is 45.3 Å². The van der Waals surface area contributed by atoms with E-state index in [1.807, 2.05) is 0 Å².